The lowest BCUT2D eigenvalue weighted by Crippen LogP contribution is -1.81. The summed E-state index contributed by atoms with van der Waals surface area (Å²) in [5, 5.41) is 1.23. The summed E-state index contributed by atoms with van der Waals surface area (Å²) in [4.78, 5) is 0. The fourth-order valence-corrected chi connectivity index (χ4v) is 2.03. The van der Waals surface area contributed by atoms with Crippen molar-refractivity contribution in [3.63, 3.8) is 0 Å². The second-order valence-corrected chi connectivity index (χ2v) is 4.25. The smallest absolute Gasteiger partial charge is 0.171 e. The van der Waals surface area contributed by atoms with E-state index in [1.807, 2.05) is 0 Å². The lowest BCUT2D eigenvalue weighted by Gasteiger charge is -1.95. The van der Waals surface area contributed by atoms with Crippen molar-refractivity contribution in [1.82, 2.24) is 0 Å². The fourth-order valence-electron chi connectivity index (χ4n) is 2.03. The van der Waals surface area contributed by atoms with Gasteiger partial charge in [-0.2, -0.15) is 0 Å². The van der Waals surface area contributed by atoms with E-state index in [0.29, 0.717) is 21.9 Å². The zero-order valence-corrected chi connectivity index (χ0v) is 10.1. The number of hydrogen-bond acceptors (Lipinski definition) is 1. The molecule has 3 rings (SSSR count). The minimum Gasteiger partial charge on any atom is -0.450 e. The molecule has 0 spiro atoms. The normalized spacial score (nSPS) is 10.9. The topological polar surface area (TPSA) is 13.1 Å². The molecule has 89 valence electrons. The molecule has 1 nitrogen and oxygen atoms in total. The van der Waals surface area contributed by atoms with Crippen LogP contribution in [-0.4, -0.2) is 8.41 Å². The molecule has 3 aromatic rings. The predicted molar refractivity (Wildman–Crippen MR) is 68.9 cm³/mol. The van der Waals surface area contributed by atoms with E-state index in [-0.39, 0.29) is 19.6 Å². The Morgan fingerprint density at radius 1 is 0.778 bits per heavy atom. The highest BCUT2D eigenvalue weighted by molar-refractivity contribution is 6.05. The second-order valence-electron chi connectivity index (χ2n) is 4.25. The van der Waals surface area contributed by atoms with Gasteiger partial charge >= 0.3 is 0 Å². The quantitative estimate of drug-likeness (QED) is 0.541. The van der Waals surface area contributed by atoms with Crippen molar-refractivity contribution in [2.75, 3.05) is 0 Å². The number of rotatable bonds is 0. The van der Waals surface area contributed by atoms with E-state index in [2.05, 4.69) is 0 Å². The summed E-state index contributed by atoms with van der Waals surface area (Å²) in [7, 11) is 0. The van der Waals surface area contributed by atoms with E-state index in [1.165, 1.54) is 0 Å². The van der Waals surface area contributed by atoms with Crippen molar-refractivity contribution in [3.05, 3.63) is 47.0 Å². The molecule has 3 radical (unpaired) electrons. The van der Waals surface area contributed by atoms with Gasteiger partial charge in [0, 0.05) is 19.2 Å². The van der Waals surface area contributed by atoms with Gasteiger partial charge in [0.1, 0.15) is 0 Å². The van der Waals surface area contributed by atoms with Gasteiger partial charge in [-0.15, -0.1) is 0 Å². The average Bonchev–Trinajstić information content (AvgIpc) is 2.69. The first-order valence-electron chi connectivity index (χ1n) is 5.36. The van der Waals surface area contributed by atoms with E-state index >= 15 is 0 Å². The molecule has 0 atom stereocenters. The summed E-state index contributed by atoms with van der Waals surface area (Å²) in [5.41, 5.74) is 1.25. The van der Waals surface area contributed by atoms with Crippen molar-refractivity contribution in [2.45, 2.75) is 13.8 Å². The first-order valence-corrected chi connectivity index (χ1v) is 5.36. The molecule has 0 saturated heterocycles. The number of fused-ring (bicyclic) bond motifs is 3. The standard InChI is InChI=1S/C14H10F2O.B/c1-7-3-5-9-10-6-4-8(2)12(16)14(10)17-13(9)11(7)15;/h3-6H,1-2H3;. The van der Waals surface area contributed by atoms with Gasteiger partial charge in [0.2, 0.25) is 0 Å². The molecule has 0 aliphatic heterocycles. The Balaban J connectivity index is 0.00000120. The number of benzene rings is 2. The second kappa shape index (κ2) is 4.12. The molecule has 0 saturated carbocycles. The first kappa shape index (κ1) is 12.6. The van der Waals surface area contributed by atoms with Crippen LogP contribution in [0, 0.1) is 25.5 Å². The Morgan fingerprint density at radius 3 is 1.56 bits per heavy atom. The highest BCUT2D eigenvalue weighted by Gasteiger charge is 2.16. The minimum atomic E-state index is -0.421. The fraction of sp³-hybridized carbons (Fsp3) is 0.143. The SMILES string of the molecule is Cc1ccc2c(oc3c(F)c(C)ccc32)c1F.[B]. The maximum atomic E-state index is 13.9. The molecule has 0 N–H and O–H groups in total. The van der Waals surface area contributed by atoms with Crippen molar-refractivity contribution in [2.24, 2.45) is 0 Å². The van der Waals surface area contributed by atoms with Crippen LogP contribution >= 0.6 is 0 Å². The molecule has 1 aromatic heterocycles. The summed E-state index contributed by atoms with van der Waals surface area (Å²) >= 11 is 0. The maximum Gasteiger partial charge on any atom is 0.171 e. The Bertz CT molecular complexity index is 684. The van der Waals surface area contributed by atoms with Gasteiger partial charge in [-0.05, 0) is 25.0 Å². The molecule has 0 amide bonds. The van der Waals surface area contributed by atoms with Crippen LogP contribution in [0.5, 0.6) is 0 Å². The summed E-state index contributed by atoms with van der Waals surface area (Å²) in [6.07, 6.45) is 0. The number of hydrogen-bond donors (Lipinski definition) is 0. The minimum absolute atomic E-state index is 0. The molecule has 0 aliphatic rings. The predicted octanol–water partition coefficient (Wildman–Crippen LogP) is 4.10. The third-order valence-corrected chi connectivity index (χ3v) is 3.07. The number of furan rings is 1. The molecular weight excluding hydrogens is 233 g/mol. The van der Waals surface area contributed by atoms with Crippen molar-refractivity contribution in [3.8, 4) is 0 Å². The summed E-state index contributed by atoms with van der Waals surface area (Å²) in [6.45, 7) is 3.31. The largest absolute Gasteiger partial charge is 0.450 e. The molecule has 4 heteroatoms. The average molecular weight is 243 g/mol. The Morgan fingerprint density at radius 2 is 1.17 bits per heavy atom. The van der Waals surface area contributed by atoms with Crippen molar-refractivity contribution < 1.29 is 13.2 Å². The van der Waals surface area contributed by atoms with Crippen molar-refractivity contribution >= 4 is 30.4 Å². The number of aryl methyl sites for hydroxylation is 2. The van der Waals surface area contributed by atoms with E-state index < -0.39 is 11.6 Å². The van der Waals surface area contributed by atoms with Crippen LogP contribution in [0.25, 0.3) is 21.9 Å². The zero-order chi connectivity index (χ0) is 12.2. The van der Waals surface area contributed by atoms with Crippen LogP contribution in [0.3, 0.4) is 0 Å². The van der Waals surface area contributed by atoms with Gasteiger partial charge in [-0.3, -0.25) is 0 Å². The van der Waals surface area contributed by atoms with Crippen LogP contribution in [0.4, 0.5) is 8.78 Å². The summed E-state index contributed by atoms with van der Waals surface area (Å²) in [5.74, 6) is -0.841. The van der Waals surface area contributed by atoms with Gasteiger partial charge in [0.15, 0.2) is 22.8 Å². The van der Waals surface area contributed by atoms with Crippen LogP contribution in [0.1, 0.15) is 11.1 Å². The Labute approximate surface area is 105 Å². The van der Waals surface area contributed by atoms with Crippen LogP contribution < -0.4 is 0 Å². The monoisotopic (exact) mass is 243 g/mol. The van der Waals surface area contributed by atoms with Gasteiger partial charge in [-0.1, -0.05) is 24.3 Å². The van der Waals surface area contributed by atoms with Crippen LogP contribution in [-0.2, 0) is 0 Å². The molecular formula is C14H10BF2O. The third kappa shape index (κ3) is 1.52. The van der Waals surface area contributed by atoms with E-state index in [0.717, 1.165) is 0 Å². The van der Waals surface area contributed by atoms with Crippen LogP contribution in [0.2, 0.25) is 0 Å². The first-order chi connectivity index (χ1) is 8.09. The molecule has 2 aromatic carbocycles. The zero-order valence-electron chi connectivity index (χ0n) is 10.1. The summed E-state index contributed by atoms with van der Waals surface area (Å²) in [6, 6.07) is 6.86. The molecule has 18 heavy (non-hydrogen) atoms. The summed E-state index contributed by atoms with van der Waals surface area (Å²) < 4.78 is 33.0. The Hall–Kier alpha value is -1.84. The van der Waals surface area contributed by atoms with E-state index in [1.54, 1.807) is 38.1 Å². The van der Waals surface area contributed by atoms with Gasteiger partial charge in [0.25, 0.3) is 0 Å². The molecule has 0 aliphatic carbocycles. The van der Waals surface area contributed by atoms with Gasteiger partial charge in [0.05, 0.1) is 0 Å². The molecule has 1 heterocycles. The number of halogens is 2. The van der Waals surface area contributed by atoms with E-state index in [4.69, 9.17) is 4.42 Å². The van der Waals surface area contributed by atoms with Crippen molar-refractivity contribution in [1.29, 1.82) is 0 Å². The Kier molecular flexibility index (Phi) is 2.89. The van der Waals surface area contributed by atoms with Crippen LogP contribution in [0.15, 0.2) is 28.7 Å². The lowest BCUT2D eigenvalue weighted by molar-refractivity contribution is 0.552. The van der Waals surface area contributed by atoms with Gasteiger partial charge in [-0.25, -0.2) is 8.78 Å². The third-order valence-electron chi connectivity index (χ3n) is 3.07. The molecule has 0 fully saturated rings. The maximum absolute atomic E-state index is 13.9. The highest BCUT2D eigenvalue weighted by atomic mass is 19.1. The van der Waals surface area contributed by atoms with E-state index in [9.17, 15) is 8.78 Å². The molecule has 0 bridgehead atoms. The lowest BCUT2D eigenvalue weighted by atomic mass is 10.1. The highest BCUT2D eigenvalue weighted by Crippen LogP contribution is 2.33. The molecule has 0 unspecified atom stereocenters. The van der Waals surface area contributed by atoms with Gasteiger partial charge < -0.3 is 4.42 Å².